The molecule has 0 aromatic rings. The molecule has 0 bridgehead atoms. The minimum absolute atomic E-state index is 0.275. The standard InChI is InChI=1S/C14H26N2O2/c1-5-16-9-7-8-13(16)11-15(4)10-12(3)14(17)18-6-2/h13H,3,5-11H2,1-2,4H3. The number of hydrogen-bond donors (Lipinski definition) is 0. The van der Waals surface area contributed by atoms with Crippen LogP contribution < -0.4 is 0 Å². The zero-order chi connectivity index (χ0) is 13.5. The van der Waals surface area contributed by atoms with Crippen molar-refractivity contribution in [3.8, 4) is 0 Å². The summed E-state index contributed by atoms with van der Waals surface area (Å²) in [5.41, 5.74) is 0.542. The summed E-state index contributed by atoms with van der Waals surface area (Å²) in [6.07, 6.45) is 2.54. The predicted octanol–water partition coefficient (Wildman–Crippen LogP) is 1.52. The lowest BCUT2D eigenvalue weighted by atomic mass is 10.2. The predicted molar refractivity (Wildman–Crippen MR) is 73.5 cm³/mol. The van der Waals surface area contributed by atoms with Gasteiger partial charge in [-0.1, -0.05) is 13.5 Å². The highest BCUT2D eigenvalue weighted by molar-refractivity contribution is 5.88. The molecular weight excluding hydrogens is 228 g/mol. The molecule has 104 valence electrons. The maximum absolute atomic E-state index is 11.5. The minimum atomic E-state index is -0.275. The number of ether oxygens (including phenoxy) is 1. The van der Waals surface area contributed by atoms with Gasteiger partial charge >= 0.3 is 5.97 Å². The second-order valence-corrected chi connectivity index (χ2v) is 4.95. The third-order valence-electron chi connectivity index (χ3n) is 3.45. The number of nitrogens with zero attached hydrogens (tertiary/aromatic N) is 2. The van der Waals surface area contributed by atoms with Crippen molar-refractivity contribution in [1.82, 2.24) is 9.80 Å². The minimum Gasteiger partial charge on any atom is -0.463 e. The van der Waals surface area contributed by atoms with Gasteiger partial charge in [0.05, 0.1) is 6.61 Å². The quantitative estimate of drug-likeness (QED) is 0.509. The van der Waals surface area contributed by atoms with Crippen LogP contribution in [-0.4, -0.2) is 61.6 Å². The number of likely N-dealkylation sites (tertiary alicyclic amines) is 1. The molecule has 1 saturated heterocycles. The van der Waals surface area contributed by atoms with E-state index in [0.29, 0.717) is 24.8 Å². The molecule has 1 heterocycles. The molecule has 0 amide bonds. The molecular formula is C14H26N2O2. The summed E-state index contributed by atoms with van der Waals surface area (Å²) in [6.45, 7) is 12.1. The van der Waals surface area contributed by atoms with Gasteiger partial charge in [0, 0.05) is 24.7 Å². The van der Waals surface area contributed by atoms with Crippen LogP contribution in [0.1, 0.15) is 26.7 Å². The van der Waals surface area contributed by atoms with E-state index in [9.17, 15) is 4.79 Å². The van der Waals surface area contributed by atoms with E-state index in [-0.39, 0.29) is 5.97 Å². The highest BCUT2D eigenvalue weighted by atomic mass is 16.5. The lowest BCUT2D eigenvalue weighted by Gasteiger charge is -2.27. The van der Waals surface area contributed by atoms with Gasteiger partial charge < -0.3 is 9.64 Å². The van der Waals surface area contributed by atoms with Gasteiger partial charge in [-0.15, -0.1) is 0 Å². The van der Waals surface area contributed by atoms with E-state index in [1.54, 1.807) is 0 Å². The van der Waals surface area contributed by atoms with Crippen molar-refractivity contribution >= 4 is 5.97 Å². The van der Waals surface area contributed by atoms with Gasteiger partial charge in [-0.3, -0.25) is 4.90 Å². The molecule has 1 fully saturated rings. The lowest BCUT2D eigenvalue weighted by Crippen LogP contribution is -2.39. The molecule has 1 aliphatic rings. The van der Waals surface area contributed by atoms with Gasteiger partial charge in [-0.05, 0) is 39.9 Å². The average Bonchev–Trinajstić information content (AvgIpc) is 2.76. The summed E-state index contributed by atoms with van der Waals surface area (Å²) in [6, 6.07) is 0.620. The maximum atomic E-state index is 11.5. The van der Waals surface area contributed by atoms with Crippen molar-refractivity contribution in [2.75, 3.05) is 39.8 Å². The third kappa shape index (κ3) is 4.42. The van der Waals surface area contributed by atoms with Crippen molar-refractivity contribution in [3.05, 3.63) is 12.2 Å². The Bertz CT molecular complexity index is 292. The first-order valence-electron chi connectivity index (χ1n) is 6.86. The molecule has 0 radical (unpaired) electrons. The fourth-order valence-corrected chi connectivity index (χ4v) is 2.57. The van der Waals surface area contributed by atoms with Crippen molar-refractivity contribution in [3.63, 3.8) is 0 Å². The van der Waals surface area contributed by atoms with Gasteiger partial charge in [0.15, 0.2) is 0 Å². The zero-order valence-electron chi connectivity index (χ0n) is 11.9. The Labute approximate surface area is 111 Å². The number of likely N-dealkylation sites (N-methyl/N-ethyl adjacent to an activating group) is 2. The second-order valence-electron chi connectivity index (χ2n) is 4.95. The molecule has 0 aromatic carbocycles. The summed E-state index contributed by atoms with van der Waals surface area (Å²) >= 11 is 0. The van der Waals surface area contributed by atoms with Crippen LogP contribution in [0.3, 0.4) is 0 Å². The highest BCUT2D eigenvalue weighted by Gasteiger charge is 2.24. The largest absolute Gasteiger partial charge is 0.463 e. The molecule has 0 aromatic heterocycles. The number of carbonyl (C=O) groups excluding carboxylic acids is 1. The van der Waals surface area contributed by atoms with Crippen molar-refractivity contribution in [2.24, 2.45) is 0 Å². The number of carbonyl (C=O) groups is 1. The first-order valence-corrected chi connectivity index (χ1v) is 6.86. The van der Waals surface area contributed by atoms with E-state index < -0.39 is 0 Å². The monoisotopic (exact) mass is 254 g/mol. The van der Waals surface area contributed by atoms with Crippen LogP contribution in [0, 0.1) is 0 Å². The molecule has 0 N–H and O–H groups in total. The Morgan fingerprint density at radius 2 is 2.22 bits per heavy atom. The normalized spacial score (nSPS) is 20.3. The average molecular weight is 254 g/mol. The zero-order valence-corrected chi connectivity index (χ0v) is 11.9. The molecule has 1 rings (SSSR count). The second kappa shape index (κ2) is 7.54. The van der Waals surface area contributed by atoms with Crippen LogP contribution in [0.5, 0.6) is 0 Å². The van der Waals surface area contributed by atoms with E-state index in [2.05, 4.69) is 23.3 Å². The van der Waals surface area contributed by atoms with Crippen LogP contribution in [-0.2, 0) is 9.53 Å². The van der Waals surface area contributed by atoms with Crippen LogP contribution in [0.2, 0.25) is 0 Å². The van der Waals surface area contributed by atoms with Crippen LogP contribution in [0.15, 0.2) is 12.2 Å². The molecule has 1 atom stereocenters. The third-order valence-corrected chi connectivity index (χ3v) is 3.45. The van der Waals surface area contributed by atoms with Crippen molar-refractivity contribution in [2.45, 2.75) is 32.7 Å². The smallest absolute Gasteiger partial charge is 0.334 e. The molecule has 4 nitrogen and oxygen atoms in total. The molecule has 1 aliphatic heterocycles. The van der Waals surface area contributed by atoms with Gasteiger partial charge in [0.2, 0.25) is 0 Å². The maximum Gasteiger partial charge on any atom is 0.334 e. The molecule has 0 aliphatic carbocycles. The SMILES string of the molecule is C=C(CN(C)CC1CCCN1CC)C(=O)OCC. The van der Waals surface area contributed by atoms with E-state index in [1.165, 1.54) is 19.4 Å². The summed E-state index contributed by atoms with van der Waals surface area (Å²) < 4.78 is 4.94. The molecule has 0 spiro atoms. The number of rotatable bonds is 7. The fourth-order valence-electron chi connectivity index (χ4n) is 2.57. The number of hydrogen-bond acceptors (Lipinski definition) is 4. The van der Waals surface area contributed by atoms with E-state index in [4.69, 9.17) is 4.74 Å². The van der Waals surface area contributed by atoms with E-state index in [0.717, 1.165) is 13.1 Å². The van der Waals surface area contributed by atoms with Crippen LogP contribution in [0.25, 0.3) is 0 Å². The molecule has 18 heavy (non-hydrogen) atoms. The Hall–Kier alpha value is -0.870. The van der Waals surface area contributed by atoms with Crippen molar-refractivity contribution < 1.29 is 9.53 Å². The Morgan fingerprint density at radius 1 is 1.50 bits per heavy atom. The van der Waals surface area contributed by atoms with Gasteiger partial charge in [-0.25, -0.2) is 4.79 Å². The van der Waals surface area contributed by atoms with Gasteiger partial charge in [-0.2, -0.15) is 0 Å². The van der Waals surface area contributed by atoms with E-state index in [1.807, 2.05) is 14.0 Å². The van der Waals surface area contributed by atoms with Crippen LogP contribution in [0.4, 0.5) is 0 Å². The summed E-state index contributed by atoms with van der Waals surface area (Å²) in [5, 5.41) is 0. The van der Waals surface area contributed by atoms with Crippen molar-refractivity contribution in [1.29, 1.82) is 0 Å². The summed E-state index contributed by atoms with van der Waals surface area (Å²) in [5.74, 6) is -0.275. The summed E-state index contributed by atoms with van der Waals surface area (Å²) in [7, 11) is 2.04. The first-order chi connectivity index (χ1) is 8.58. The first kappa shape index (κ1) is 15.2. The Balaban J connectivity index is 2.34. The van der Waals surface area contributed by atoms with E-state index >= 15 is 0 Å². The number of esters is 1. The fraction of sp³-hybridized carbons (Fsp3) is 0.786. The molecule has 1 unspecified atom stereocenters. The molecule has 4 heteroatoms. The topological polar surface area (TPSA) is 32.8 Å². The highest BCUT2D eigenvalue weighted by Crippen LogP contribution is 2.17. The summed E-state index contributed by atoms with van der Waals surface area (Å²) in [4.78, 5) is 16.1. The molecule has 0 saturated carbocycles. The lowest BCUT2D eigenvalue weighted by molar-refractivity contribution is -0.138. The Kier molecular flexibility index (Phi) is 6.36. The Morgan fingerprint density at radius 3 is 2.83 bits per heavy atom. The van der Waals surface area contributed by atoms with Gasteiger partial charge in [0.25, 0.3) is 0 Å². The van der Waals surface area contributed by atoms with Gasteiger partial charge in [0.1, 0.15) is 0 Å². The van der Waals surface area contributed by atoms with Crippen LogP contribution >= 0.6 is 0 Å².